The quantitative estimate of drug-likeness (QED) is 0.783. The van der Waals surface area contributed by atoms with E-state index in [4.69, 9.17) is 5.73 Å². The summed E-state index contributed by atoms with van der Waals surface area (Å²) in [5.41, 5.74) is 6.34. The molecule has 3 N–H and O–H groups in total. The van der Waals surface area contributed by atoms with Gasteiger partial charge in [0.15, 0.2) is 0 Å². The lowest BCUT2D eigenvalue weighted by molar-refractivity contribution is 0.457. The zero-order chi connectivity index (χ0) is 12.7. The molecule has 0 fully saturated rings. The van der Waals surface area contributed by atoms with Crippen LogP contribution in [0.15, 0.2) is 12.1 Å². The highest BCUT2D eigenvalue weighted by molar-refractivity contribution is 5.46. The highest BCUT2D eigenvalue weighted by atomic mass is 19.1. The molecule has 0 aliphatic rings. The summed E-state index contributed by atoms with van der Waals surface area (Å²) in [6, 6.07) is 2.67. The Hall–Kier alpha value is -1.16. The van der Waals surface area contributed by atoms with Gasteiger partial charge >= 0.3 is 0 Å². The van der Waals surface area contributed by atoms with Crippen LogP contribution in [0.2, 0.25) is 0 Å². The zero-order valence-electron chi connectivity index (χ0n) is 10.3. The van der Waals surface area contributed by atoms with E-state index < -0.39 is 12.5 Å². The molecule has 0 aromatic heterocycles. The van der Waals surface area contributed by atoms with Gasteiger partial charge in [0.1, 0.15) is 12.5 Å². The predicted octanol–water partition coefficient (Wildman–Crippen LogP) is 3.18. The molecule has 1 aromatic rings. The molecule has 0 radical (unpaired) electrons. The first kappa shape index (κ1) is 14.8. The molecule has 0 aliphatic carbocycles. The average Bonchev–Trinajstić information content (AvgIpc) is 2.33. The van der Waals surface area contributed by atoms with Crippen molar-refractivity contribution < 1.29 is 8.78 Å². The number of halogens is 2. The van der Waals surface area contributed by atoms with Crippen molar-refractivity contribution in [3.05, 3.63) is 29.1 Å². The number of anilines is 1. The molecule has 1 aromatic carbocycles. The van der Waals surface area contributed by atoms with E-state index in [0.717, 1.165) is 0 Å². The molecule has 0 unspecified atom stereocenters. The Kier molecular flexibility index (Phi) is 6.65. The number of hydrogen-bond donors (Lipinski definition) is 2. The second-order valence-electron chi connectivity index (χ2n) is 3.23. The SMILES string of the molecule is CC.CN[C@H](C)c1cc(N)cc(CF)c1F. The molecule has 16 heavy (non-hydrogen) atoms. The zero-order valence-corrected chi connectivity index (χ0v) is 10.3. The van der Waals surface area contributed by atoms with E-state index in [2.05, 4.69) is 5.32 Å². The highest BCUT2D eigenvalue weighted by Crippen LogP contribution is 2.23. The fourth-order valence-corrected chi connectivity index (χ4v) is 1.30. The van der Waals surface area contributed by atoms with E-state index in [1.165, 1.54) is 12.1 Å². The summed E-state index contributed by atoms with van der Waals surface area (Å²) in [5, 5.41) is 2.88. The lowest BCUT2D eigenvalue weighted by atomic mass is 10.0. The summed E-state index contributed by atoms with van der Waals surface area (Å²) in [4.78, 5) is 0. The van der Waals surface area contributed by atoms with Gasteiger partial charge in [-0.2, -0.15) is 0 Å². The van der Waals surface area contributed by atoms with Gasteiger partial charge in [-0.3, -0.25) is 0 Å². The standard InChI is InChI=1S/C10H14F2N2.C2H6/c1-6(14-2)9-4-8(13)3-7(5-11)10(9)12;1-2/h3-4,6,14H,5,13H2,1-2H3;1-2H3/t6-;/m1./s1. The van der Waals surface area contributed by atoms with Gasteiger partial charge in [0.2, 0.25) is 0 Å². The number of nitrogen functional groups attached to an aromatic ring is 1. The van der Waals surface area contributed by atoms with Crippen molar-refractivity contribution >= 4 is 5.69 Å². The number of hydrogen-bond acceptors (Lipinski definition) is 2. The van der Waals surface area contributed by atoms with Gasteiger partial charge in [-0.05, 0) is 26.1 Å². The van der Waals surface area contributed by atoms with Crippen molar-refractivity contribution in [1.82, 2.24) is 5.32 Å². The largest absolute Gasteiger partial charge is 0.399 e. The van der Waals surface area contributed by atoms with Gasteiger partial charge in [-0.25, -0.2) is 8.78 Å². The third-order valence-corrected chi connectivity index (χ3v) is 2.24. The number of nitrogens with two attached hydrogens (primary N) is 1. The van der Waals surface area contributed by atoms with Crippen LogP contribution >= 0.6 is 0 Å². The minimum atomic E-state index is -0.833. The van der Waals surface area contributed by atoms with Crippen LogP contribution in [-0.2, 0) is 6.67 Å². The predicted molar refractivity (Wildman–Crippen MR) is 64.4 cm³/mol. The van der Waals surface area contributed by atoms with Gasteiger partial charge in [0, 0.05) is 22.9 Å². The molecule has 92 valence electrons. The topological polar surface area (TPSA) is 38.0 Å². The van der Waals surface area contributed by atoms with Crippen LogP contribution in [-0.4, -0.2) is 7.05 Å². The molecule has 1 rings (SSSR count). The van der Waals surface area contributed by atoms with Crippen molar-refractivity contribution in [2.45, 2.75) is 33.5 Å². The Morgan fingerprint density at radius 3 is 2.38 bits per heavy atom. The van der Waals surface area contributed by atoms with Crippen molar-refractivity contribution in [1.29, 1.82) is 0 Å². The summed E-state index contributed by atoms with van der Waals surface area (Å²) >= 11 is 0. The second kappa shape index (κ2) is 7.17. The monoisotopic (exact) mass is 230 g/mol. The van der Waals surface area contributed by atoms with E-state index in [-0.39, 0.29) is 11.6 Å². The Bertz CT molecular complexity index is 327. The van der Waals surface area contributed by atoms with Gasteiger partial charge in [0.05, 0.1) is 0 Å². The number of nitrogens with one attached hydrogen (secondary N) is 1. The van der Waals surface area contributed by atoms with Crippen molar-refractivity contribution in [3.8, 4) is 0 Å². The maximum atomic E-state index is 13.6. The van der Waals surface area contributed by atoms with E-state index in [1.54, 1.807) is 14.0 Å². The Morgan fingerprint density at radius 1 is 1.38 bits per heavy atom. The lowest BCUT2D eigenvalue weighted by Gasteiger charge is -2.14. The molecule has 2 nitrogen and oxygen atoms in total. The molecular weight excluding hydrogens is 210 g/mol. The summed E-state index contributed by atoms with van der Waals surface area (Å²) in [5.74, 6) is -0.511. The lowest BCUT2D eigenvalue weighted by Crippen LogP contribution is -2.15. The molecule has 0 aliphatic heterocycles. The van der Waals surface area contributed by atoms with Gasteiger partial charge in [-0.1, -0.05) is 13.8 Å². The third-order valence-electron chi connectivity index (χ3n) is 2.24. The summed E-state index contributed by atoms with van der Waals surface area (Å²) in [7, 11) is 1.71. The van der Waals surface area contributed by atoms with E-state index in [1.807, 2.05) is 13.8 Å². The fraction of sp³-hybridized carbons (Fsp3) is 0.500. The van der Waals surface area contributed by atoms with Crippen LogP contribution in [0.4, 0.5) is 14.5 Å². The maximum Gasteiger partial charge on any atom is 0.133 e. The van der Waals surface area contributed by atoms with E-state index >= 15 is 0 Å². The van der Waals surface area contributed by atoms with Crippen LogP contribution < -0.4 is 11.1 Å². The summed E-state index contributed by atoms with van der Waals surface area (Å²) in [6.07, 6.45) is 0. The minimum absolute atomic E-state index is 0.0158. The van der Waals surface area contributed by atoms with E-state index in [9.17, 15) is 8.78 Å². The molecule has 4 heteroatoms. The minimum Gasteiger partial charge on any atom is -0.399 e. The number of rotatable bonds is 3. The first-order valence-corrected chi connectivity index (χ1v) is 5.41. The van der Waals surface area contributed by atoms with Gasteiger partial charge < -0.3 is 11.1 Å². The third kappa shape index (κ3) is 3.45. The Labute approximate surface area is 95.8 Å². The summed E-state index contributed by atoms with van der Waals surface area (Å²) in [6.45, 7) is 4.96. The first-order chi connectivity index (χ1) is 7.60. The summed E-state index contributed by atoms with van der Waals surface area (Å²) < 4.78 is 26.0. The van der Waals surface area contributed by atoms with Crippen LogP contribution in [0, 0.1) is 5.82 Å². The number of benzene rings is 1. The van der Waals surface area contributed by atoms with Crippen LogP contribution in [0.1, 0.15) is 37.9 Å². The molecule has 1 atom stereocenters. The molecule has 0 heterocycles. The second-order valence-corrected chi connectivity index (χ2v) is 3.23. The molecule has 0 amide bonds. The molecule has 0 bridgehead atoms. The molecular formula is C12H20F2N2. The van der Waals surface area contributed by atoms with Crippen molar-refractivity contribution in [2.24, 2.45) is 0 Å². The molecule has 0 saturated carbocycles. The van der Waals surface area contributed by atoms with Crippen LogP contribution in [0.25, 0.3) is 0 Å². The smallest absolute Gasteiger partial charge is 0.133 e. The maximum absolute atomic E-state index is 13.6. The van der Waals surface area contributed by atoms with Crippen molar-refractivity contribution in [3.63, 3.8) is 0 Å². The normalized spacial score (nSPS) is 11.6. The Morgan fingerprint density at radius 2 is 1.94 bits per heavy atom. The molecule has 0 saturated heterocycles. The van der Waals surface area contributed by atoms with Crippen LogP contribution in [0.5, 0.6) is 0 Å². The Balaban J connectivity index is 0.00000106. The van der Waals surface area contributed by atoms with E-state index in [0.29, 0.717) is 11.3 Å². The average molecular weight is 230 g/mol. The van der Waals surface area contributed by atoms with Gasteiger partial charge in [-0.15, -0.1) is 0 Å². The fourth-order valence-electron chi connectivity index (χ4n) is 1.30. The van der Waals surface area contributed by atoms with Crippen molar-refractivity contribution in [2.75, 3.05) is 12.8 Å². The highest BCUT2D eigenvalue weighted by Gasteiger charge is 2.13. The van der Waals surface area contributed by atoms with Gasteiger partial charge in [0.25, 0.3) is 0 Å². The number of alkyl halides is 1. The van der Waals surface area contributed by atoms with Crippen LogP contribution in [0.3, 0.4) is 0 Å². The first-order valence-electron chi connectivity index (χ1n) is 5.41. The molecule has 0 spiro atoms.